The van der Waals surface area contributed by atoms with Crippen molar-refractivity contribution >= 4 is 0 Å². The molecule has 5 nitrogen and oxygen atoms in total. The molecule has 1 saturated heterocycles. The Hall–Kier alpha value is -0.940. The molecular weight excluding hydrogens is 218 g/mol. The van der Waals surface area contributed by atoms with Crippen molar-refractivity contribution in [2.45, 2.75) is 45.6 Å². The van der Waals surface area contributed by atoms with E-state index in [4.69, 9.17) is 4.52 Å². The van der Waals surface area contributed by atoms with Gasteiger partial charge >= 0.3 is 0 Å². The van der Waals surface area contributed by atoms with Crippen molar-refractivity contribution in [3.8, 4) is 0 Å². The van der Waals surface area contributed by atoms with E-state index < -0.39 is 5.60 Å². The Bertz CT molecular complexity index is 375. The minimum atomic E-state index is -0.936. The molecule has 0 atom stereocenters. The average Bonchev–Trinajstić information content (AvgIpc) is 2.65. The minimum absolute atomic E-state index is 0.123. The molecule has 0 saturated carbocycles. The Labute approximate surface area is 102 Å². The molecule has 0 aromatic carbocycles. The van der Waals surface area contributed by atoms with Crippen LogP contribution in [0.15, 0.2) is 4.52 Å². The third kappa shape index (κ3) is 3.04. The van der Waals surface area contributed by atoms with Gasteiger partial charge in [0.15, 0.2) is 5.82 Å². The maximum Gasteiger partial charge on any atom is 0.258 e. The second-order valence-corrected chi connectivity index (χ2v) is 6.03. The Morgan fingerprint density at radius 2 is 2.00 bits per heavy atom. The number of piperidine rings is 1. The van der Waals surface area contributed by atoms with Gasteiger partial charge in [-0.15, -0.1) is 0 Å². The number of aromatic nitrogens is 2. The van der Waals surface area contributed by atoms with Crippen molar-refractivity contribution in [1.29, 1.82) is 0 Å². The summed E-state index contributed by atoms with van der Waals surface area (Å²) in [7, 11) is 0. The third-order valence-corrected chi connectivity index (χ3v) is 2.99. The van der Waals surface area contributed by atoms with Crippen LogP contribution in [0.1, 0.15) is 45.3 Å². The van der Waals surface area contributed by atoms with E-state index in [0.717, 1.165) is 19.5 Å². The molecule has 17 heavy (non-hydrogen) atoms. The van der Waals surface area contributed by atoms with E-state index in [1.807, 2.05) is 0 Å². The lowest BCUT2D eigenvalue weighted by molar-refractivity contribution is -0.0228. The molecule has 2 N–H and O–H groups in total. The Balaban J connectivity index is 2.12. The molecule has 1 aliphatic rings. The summed E-state index contributed by atoms with van der Waals surface area (Å²) < 4.78 is 5.21. The van der Waals surface area contributed by atoms with Crippen LogP contribution in [-0.4, -0.2) is 28.3 Å². The van der Waals surface area contributed by atoms with Gasteiger partial charge in [-0.25, -0.2) is 0 Å². The summed E-state index contributed by atoms with van der Waals surface area (Å²) in [6.07, 6.45) is 2.01. The first-order chi connectivity index (χ1) is 7.89. The van der Waals surface area contributed by atoms with Gasteiger partial charge in [-0.05, 0) is 31.3 Å². The maximum absolute atomic E-state index is 10.4. The maximum atomic E-state index is 10.4. The van der Waals surface area contributed by atoms with Crippen LogP contribution in [0.25, 0.3) is 0 Å². The lowest BCUT2D eigenvalue weighted by Crippen LogP contribution is -2.40. The lowest BCUT2D eigenvalue weighted by Gasteiger charge is -2.28. The largest absolute Gasteiger partial charge is 0.380 e. The SMILES string of the molecule is CC(C)(C)Cc1noc(C2(O)CCNCC2)n1. The fourth-order valence-electron chi connectivity index (χ4n) is 2.04. The molecule has 5 heteroatoms. The molecule has 2 heterocycles. The summed E-state index contributed by atoms with van der Waals surface area (Å²) in [6.45, 7) is 7.95. The van der Waals surface area contributed by atoms with Crippen molar-refractivity contribution in [1.82, 2.24) is 15.5 Å². The number of nitrogens with zero attached hydrogens (tertiary/aromatic N) is 2. The van der Waals surface area contributed by atoms with Gasteiger partial charge in [0.2, 0.25) is 0 Å². The van der Waals surface area contributed by atoms with Crippen molar-refractivity contribution < 1.29 is 9.63 Å². The Morgan fingerprint density at radius 1 is 1.35 bits per heavy atom. The lowest BCUT2D eigenvalue weighted by atomic mass is 9.91. The van der Waals surface area contributed by atoms with Crippen molar-refractivity contribution in [2.75, 3.05) is 13.1 Å². The van der Waals surface area contributed by atoms with Gasteiger partial charge in [0, 0.05) is 6.42 Å². The molecule has 0 bridgehead atoms. The standard InChI is InChI=1S/C12H21N3O2/c1-11(2,3)8-9-14-10(17-15-9)12(16)4-6-13-7-5-12/h13,16H,4-8H2,1-3H3. The van der Waals surface area contributed by atoms with Gasteiger partial charge < -0.3 is 14.9 Å². The van der Waals surface area contributed by atoms with Crippen molar-refractivity contribution in [3.63, 3.8) is 0 Å². The van der Waals surface area contributed by atoms with Crippen LogP contribution in [0.2, 0.25) is 0 Å². The van der Waals surface area contributed by atoms with Crippen LogP contribution in [0.5, 0.6) is 0 Å². The summed E-state index contributed by atoms with van der Waals surface area (Å²) in [6, 6.07) is 0. The number of hydrogen-bond donors (Lipinski definition) is 2. The molecule has 1 aliphatic heterocycles. The van der Waals surface area contributed by atoms with E-state index in [-0.39, 0.29) is 5.41 Å². The van der Waals surface area contributed by atoms with E-state index in [9.17, 15) is 5.11 Å². The first kappa shape index (κ1) is 12.5. The molecule has 0 amide bonds. The van der Waals surface area contributed by atoms with Gasteiger partial charge in [0.05, 0.1) is 0 Å². The van der Waals surface area contributed by atoms with Crippen LogP contribution in [0, 0.1) is 5.41 Å². The zero-order valence-electron chi connectivity index (χ0n) is 10.8. The summed E-state index contributed by atoms with van der Waals surface area (Å²) in [5.41, 5.74) is -0.813. The molecular formula is C12H21N3O2. The van der Waals surface area contributed by atoms with Crippen LogP contribution in [0.3, 0.4) is 0 Å². The van der Waals surface area contributed by atoms with E-state index in [0.29, 0.717) is 24.6 Å². The number of aliphatic hydroxyl groups is 1. The summed E-state index contributed by atoms with van der Waals surface area (Å²) in [5.74, 6) is 1.05. The topological polar surface area (TPSA) is 71.2 Å². The second kappa shape index (κ2) is 4.38. The van der Waals surface area contributed by atoms with Crippen LogP contribution >= 0.6 is 0 Å². The quantitative estimate of drug-likeness (QED) is 0.812. The Kier molecular flexibility index (Phi) is 3.23. The molecule has 0 unspecified atom stereocenters. The monoisotopic (exact) mass is 239 g/mol. The van der Waals surface area contributed by atoms with E-state index in [1.165, 1.54) is 0 Å². The van der Waals surface area contributed by atoms with Gasteiger partial charge in [-0.1, -0.05) is 25.9 Å². The number of rotatable bonds is 2. The van der Waals surface area contributed by atoms with Gasteiger partial charge in [0.25, 0.3) is 5.89 Å². The highest BCUT2D eigenvalue weighted by molar-refractivity contribution is 5.02. The van der Waals surface area contributed by atoms with Gasteiger partial charge in [0.1, 0.15) is 5.60 Å². The summed E-state index contributed by atoms with van der Waals surface area (Å²) in [5, 5.41) is 17.6. The van der Waals surface area contributed by atoms with Crippen LogP contribution in [-0.2, 0) is 12.0 Å². The Morgan fingerprint density at radius 3 is 2.59 bits per heavy atom. The zero-order valence-corrected chi connectivity index (χ0v) is 10.8. The molecule has 0 spiro atoms. The van der Waals surface area contributed by atoms with Gasteiger partial charge in [-0.3, -0.25) is 0 Å². The van der Waals surface area contributed by atoms with Crippen molar-refractivity contribution in [2.24, 2.45) is 5.41 Å². The first-order valence-corrected chi connectivity index (χ1v) is 6.15. The number of hydrogen-bond acceptors (Lipinski definition) is 5. The first-order valence-electron chi connectivity index (χ1n) is 6.15. The summed E-state index contributed by atoms with van der Waals surface area (Å²) >= 11 is 0. The fourth-order valence-corrected chi connectivity index (χ4v) is 2.04. The number of nitrogens with one attached hydrogen (secondary N) is 1. The highest BCUT2D eigenvalue weighted by Gasteiger charge is 2.37. The molecule has 1 fully saturated rings. The molecule has 0 aliphatic carbocycles. The molecule has 1 aromatic rings. The molecule has 1 aromatic heterocycles. The smallest absolute Gasteiger partial charge is 0.258 e. The predicted octanol–water partition coefficient (Wildman–Crippen LogP) is 1.23. The molecule has 96 valence electrons. The van der Waals surface area contributed by atoms with Crippen molar-refractivity contribution in [3.05, 3.63) is 11.7 Å². The second-order valence-electron chi connectivity index (χ2n) is 6.03. The minimum Gasteiger partial charge on any atom is -0.380 e. The van der Waals surface area contributed by atoms with Gasteiger partial charge in [-0.2, -0.15) is 4.98 Å². The normalized spacial score (nSPS) is 20.5. The third-order valence-electron chi connectivity index (χ3n) is 2.99. The van der Waals surface area contributed by atoms with E-state index >= 15 is 0 Å². The van der Waals surface area contributed by atoms with Crippen LogP contribution in [0.4, 0.5) is 0 Å². The summed E-state index contributed by atoms with van der Waals surface area (Å²) in [4.78, 5) is 4.34. The van der Waals surface area contributed by atoms with E-state index in [2.05, 4.69) is 36.2 Å². The highest BCUT2D eigenvalue weighted by atomic mass is 16.5. The molecule has 2 rings (SSSR count). The fraction of sp³-hybridized carbons (Fsp3) is 0.833. The predicted molar refractivity (Wildman–Crippen MR) is 63.5 cm³/mol. The highest BCUT2D eigenvalue weighted by Crippen LogP contribution is 2.29. The zero-order chi connectivity index (χ0) is 12.5. The van der Waals surface area contributed by atoms with Crippen LogP contribution < -0.4 is 5.32 Å². The molecule has 0 radical (unpaired) electrons. The van der Waals surface area contributed by atoms with E-state index in [1.54, 1.807) is 0 Å². The average molecular weight is 239 g/mol.